The average molecular weight is 221 g/mol. The minimum Gasteiger partial charge on any atom is -0.374 e. The van der Waals surface area contributed by atoms with E-state index in [4.69, 9.17) is 4.74 Å². The highest BCUT2D eigenvalue weighted by atomic mass is 16.5. The molecule has 4 heteroatoms. The average Bonchev–Trinajstić information content (AvgIpc) is 2.73. The summed E-state index contributed by atoms with van der Waals surface area (Å²) >= 11 is 0. The van der Waals surface area contributed by atoms with Crippen molar-refractivity contribution in [3.63, 3.8) is 0 Å². The van der Waals surface area contributed by atoms with Crippen molar-refractivity contribution in [2.45, 2.75) is 33.8 Å². The summed E-state index contributed by atoms with van der Waals surface area (Å²) < 4.78 is 7.16. The molecule has 1 atom stereocenters. The number of ether oxygens (including phenoxy) is 1. The van der Waals surface area contributed by atoms with E-state index in [-0.39, 0.29) is 6.10 Å². The quantitative estimate of drug-likeness (QED) is 0.782. The molecule has 0 saturated carbocycles. The lowest BCUT2D eigenvalue weighted by Gasteiger charge is -2.06. The van der Waals surface area contributed by atoms with Crippen LogP contribution in [-0.2, 0) is 4.74 Å². The predicted molar refractivity (Wildman–Crippen MR) is 64.5 cm³/mol. The third-order valence-electron chi connectivity index (χ3n) is 2.31. The zero-order valence-electron chi connectivity index (χ0n) is 10.6. The monoisotopic (exact) mass is 221 g/mol. The maximum Gasteiger partial charge on any atom is 0.166 e. The van der Waals surface area contributed by atoms with Gasteiger partial charge >= 0.3 is 0 Å². The van der Waals surface area contributed by atoms with Gasteiger partial charge in [0.25, 0.3) is 0 Å². The molecule has 0 fully saturated rings. The van der Waals surface area contributed by atoms with Crippen molar-refractivity contribution in [3.8, 4) is 0 Å². The minimum atomic E-state index is -0.0345. The van der Waals surface area contributed by atoms with E-state index >= 15 is 0 Å². The van der Waals surface area contributed by atoms with Gasteiger partial charge in [-0.1, -0.05) is 13.8 Å². The molecule has 2 rings (SSSR count). The number of methoxy groups -OCH3 is 1. The zero-order chi connectivity index (χ0) is 12.1. The summed E-state index contributed by atoms with van der Waals surface area (Å²) in [6.45, 7) is 7.99. The number of hydrogen-bond donors (Lipinski definition) is 0. The molecule has 4 nitrogen and oxygen atoms in total. The van der Waals surface area contributed by atoms with Crippen LogP contribution in [0.5, 0.6) is 0 Å². The molecule has 2 heterocycles. The van der Waals surface area contributed by atoms with Crippen molar-refractivity contribution in [1.29, 1.82) is 0 Å². The van der Waals surface area contributed by atoms with E-state index in [1.165, 1.54) is 5.56 Å². The summed E-state index contributed by atoms with van der Waals surface area (Å²) in [6, 6.07) is 4.03. The molecule has 0 aliphatic heterocycles. The van der Waals surface area contributed by atoms with Crippen LogP contribution in [0, 0.1) is 6.92 Å². The summed E-state index contributed by atoms with van der Waals surface area (Å²) in [5, 5.41) is 8.18. The van der Waals surface area contributed by atoms with Crippen molar-refractivity contribution in [2.75, 3.05) is 7.11 Å². The molecule has 16 heavy (non-hydrogen) atoms. The Balaban J connectivity index is 0.000000606. The smallest absolute Gasteiger partial charge is 0.166 e. The second kappa shape index (κ2) is 5.61. The SMILES string of the molecule is CC.COC(C)c1nnc2cc(C)ccn12. The molecule has 2 aromatic heterocycles. The Morgan fingerprint density at radius 3 is 2.62 bits per heavy atom. The first-order valence-electron chi connectivity index (χ1n) is 5.56. The Morgan fingerprint density at radius 1 is 1.31 bits per heavy atom. The molecule has 88 valence electrons. The van der Waals surface area contributed by atoms with Crippen molar-refractivity contribution >= 4 is 5.65 Å². The van der Waals surface area contributed by atoms with Gasteiger partial charge in [-0.05, 0) is 31.5 Å². The van der Waals surface area contributed by atoms with Crippen LogP contribution in [0.25, 0.3) is 5.65 Å². The second-order valence-corrected chi connectivity index (χ2v) is 3.37. The van der Waals surface area contributed by atoms with Crippen molar-refractivity contribution in [3.05, 3.63) is 29.7 Å². The largest absolute Gasteiger partial charge is 0.374 e. The summed E-state index contributed by atoms with van der Waals surface area (Å²) in [5.41, 5.74) is 2.05. The topological polar surface area (TPSA) is 39.4 Å². The lowest BCUT2D eigenvalue weighted by atomic mass is 10.3. The van der Waals surface area contributed by atoms with Crippen LogP contribution in [-0.4, -0.2) is 21.7 Å². The number of fused-ring (bicyclic) bond motifs is 1. The lowest BCUT2D eigenvalue weighted by Crippen LogP contribution is -2.02. The Hall–Kier alpha value is -1.42. The van der Waals surface area contributed by atoms with Gasteiger partial charge < -0.3 is 4.74 Å². The van der Waals surface area contributed by atoms with Crippen LogP contribution in [0.4, 0.5) is 0 Å². The molecule has 0 aliphatic carbocycles. The van der Waals surface area contributed by atoms with Crippen molar-refractivity contribution in [1.82, 2.24) is 14.6 Å². The molecule has 0 aliphatic rings. The fraction of sp³-hybridized carbons (Fsp3) is 0.500. The van der Waals surface area contributed by atoms with Gasteiger partial charge in [-0.3, -0.25) is 4.40 Å². The summed E-state index contributed by atoms with van der Waals surface area (Å²) in [6.07, 6.45) is 1.93. The Kier molecular flexibility index (Phi) is 4.43. The van der Waals surface area contributed by atoms with Crippen LogP contribution in [0.15, 0.2) is 18.3 Å². The van der Waals surface area contributed by atoms with Crippen LogP contribution < -0.4 is 0 Å². The minimum absolute atomic E-state index is 0.0345. The van der Waals surface area contributed by atoms with Gasteiger partial charge in [-0.25, -0.2) is 0 Å². The van der Waals surface area contributed by atoms with E-state index in [1.54, 1.807) is 7.11 Å². The maximum absolute atomic E-state index is 5.21. The molecule has 0 bridgehead atoms. The zero-order valence-corrected chi connectivity index (χ0v) is 10.6. The third-order valence-corrected chi connectivity index (χ3v) is 2.31. The van der Waals surface area contributed by atoms with E-state index in [0.717, 1.165) is 11.5 Å². The molecule has 0 amide bonds. The molecule has 0 saturated heterocycles. The second-order valence-electron chi connectivity index (χ2n) is 3.37. The molecule has 0 radical (unpaired) electrons. The summed E-state index contributed by atoms with van der Waals surface area (Å²) in [4.78, 5) is 0. The molecule has 0 N–H and O–H groups in total. The van der Waals surface area contributed by atoms with Crippen LogP contribution in [0.1, 0.15) is 38.3 Å². The van der Waals surface area contributed by atoms with E-state index < -0.39 is 0 Å². The number of aryl methyl sites for hydroxylation is 1. The van der Waals surface area contributed by atoms with Gasteiger partial charge in [0.05, 0.1) is 0 Å². The lowest BCUT2D eigenvalue weighted by molar-refractivity contribution is 0.111. The first-order chi connectivity index (χ1) is 7.72. The number of nitrogens with zero attached hydrogens (tertiary/aromatic N) is 3. The molecule has 0 spiro atoms. The molecular formula is C12H19N3O. The van der Waals surface area contributed by atoms with Crippen molar-refractivity contribution in [2.24, 2.45) is 0 Å². The Morgan fingerprint density at radius 2 is 2.00 bits per heavy atom. The highest BCUT2D eigenvalue weighted by Crippen LogP contribution is 2.15. The maximum atomic E-state index is 5.21. The van der Waals surface area contributed by atoms with Gasteiger partial charge in [0.2, 0.25) is 0 Å². The molecule has 2 aromatic rings. The first-order valence-corrected chi connectivity index (χ1v) is 5.56. The number of rotatable bonds is 2. The Labute approximate surface area is 96.3 Å². The van der Waals surface area contributed by atoms with Crippen LogP contribution in [0.3, 0.4) is 0 Å². The van der Waals surface area contributed by atoms with Gasteiger partial charge in [-0.15, -0.1) is 10.2 Å². The van der Waals surface area contributed by atoms with E-state index in [9.17, 15) is 0 Å². The van der Waals surface area contributed by atoms with Crippen molar-refractivity contribution < 1.29 is 4.74 Å². The Bertz CT molecular complexity index is 450. The van der Waals surface area contributed by atoms with Gasteiger partial charge in [0, 0.05) is 13.3 Å². The highest BCUT2D eigenvalue weighted by molar-refractivity contribution is 5.40. The van der Waals surface area contributed by atoms with Gasteiger partial charge in [0.15, 0.2) is 11.5 Å². The fourth-order valence-electron chi connectivity index (χ4n) is 1.39. The number of aromatic nitrogens is 3. The molecular weight excluding hydrogens is 202 g/mol. The van der Waals surface area contributed by atoms with Crippen LogP contribution in [0.2, 0.25) is 0 Å². The number of hydrogen-bond acceptors (Lipinski definition) is 3. The first kappa shape index (κ1) is 12.6. The normalized spacial score (nSPS) is 12.1. The van der Waals surface area contributed by atoms with Gasteiger partial charge in [-0.2, -0.15) is 0 Å². The van der Waals surface area contributed by atoms with Crippen LogP contribution >= 0.6 is 0 Å². The van der Waals surface area contributed by atoms with E-state index in [2.05, 4.69) is 10.2 Å². The van der Waals surface area contributed by atoms with E-state index in [0.29, 0.717) is 0 Å². The predicted octanol–water partition coefficient (Wildman–Crippen LogP) is 2.77. The highest BCUT2D eigenvalue weighted by Gasteiger charge is 2.11. The molecule has 0 aromatic carbocycles. The number of pyridine rings is 1. The fourth-order valence-corrected chi connectivity index (χ4v) is 1.39. The van der Waals surface area contributed by atoms with E-state index in [1.807, 2.05) is 50.4 Å². The molecule has 1 unspecified atom stereocenters. The van der Waals surface area contributed by atoms with Gasteiger partial charge in [0.1, 0.15) is 6.10 Å². The third kappa shape index (κ3) is 2.39. The summed E-state index contributed by atoms with van der Waals surface area (Å²) in [5.74, 6) is 0.836. The standard InChI is InChI=1S/C10H13N3O.C2H6/c1-7-4-5-13-9(6-7)11-12-10(13)8(2)14-3;1-2/h4-6,8H,1-3H3;1-2H3. The summed E-state index contributed by atoms with van der Waals surface area (Å²) in [7, 11) is 1.67.